The summed E-state index contributed by atoms with van der Waals surface area (Å²) in [6, 6.07) is 8.25. The van der Waals surface area contributed by atoms with Crippen molar-refractivity contribution in [2.24, 2.45) is 0 Å². The smallest absolute Gasteiger partial charge is 0.183 e. The predicted octanol–water partition coefficient (Wildman–Crippen LogP) is 3.65. The van der Waals surface area contributed by atoms with Gasteiger partial charge in [0.25, 0.3) is 0 Å². The molecule has 0 radical (unpaired) electrons. The van der Waals surface area contributed by atoms with Gasteiger partial charge in [-0.25, -0.2) is 0 Å². The van der Waals surface area contributed by atoms with Gasteiger partial charge in [-0.05, 0) is 42.9 Å². The Labute approximate surface area is 119 Å². The Kier molecular flexibility index (Phi) is 3.99. The minimum Gasteiger partial charge on any atom is -0.348 e. The lowest BCUT2D eigenvalue weighted by Crippen LogP contribution is -2.17. The highest BCUT2D eigenvalue weighted by molar-refractivity contribution is 6.03. The van der Waals surface area contributed by atoms with E-state index in [0.717, 1.165) is 49.2 Å². The lowest BCUT2D eigenvalue weighted by atomic mass is 9.87. The highest BCUT2D eigenvalue weighted by Gasteiger charge is 2.19. The summed E-state index contributed by atoms with van der Waals surface area (Å²) in [5.74, 6) is 0.286. The van der Waals surface area contributed by atoms with Gasteiger partial charge in [-0.3, -0.25) is 4.79 Å². The first-order valence-corrected chi connectivity index (χ1v) is 7.32. The molecule has 3 heteroatoms. The van der Waals surface area contributed by atoms with E-state index in [4.69, 9.17) is 9.47 Å². The van der Waals surface area contributed by atoms with E-state index in [2.05, 4.69) is 12.1 Å². The maximum Gasteiger partial charge on any atom is 0.183 e. The molecule has 1 aliphatic carbocycles. The van der Waals surface area contributed by atoms with E-state index in [0.29, 0.717) is 6.42 Å². The third-order valence-electron chi connectivity index (χ3n) is 4.06. The van der Waals surface area contributed by atoms with Crippen molar-refractivity contribution in [3.63, 3.8) is 0 Å². The van der Waals surface area contributed by atoms with Gasteiger partial charge in [-0.15, -0.1) is 0 Å². The van der Waals surface area contributed by atoms with Gasteiger partial charge in [0.05, 0.1) is 13.2 Å². The van der Waals surface area contributed by atoms with Crippen molar-refractivity contribution in [3.05, 3.63) is 41.0 Å². The highest BCUT2D eigenvalue weighted by Crippen LogP contribution is 2.31. The van der Waals surface area contributed by atoms with Crippen LogP contribution >= 0.6 is 0 Å². The second-order valence-electron chi connectivity index (χ2n) is 5.43. The van der Waals surface area contributed by atoms with Gasteiger partial charge in [0.1, 0.15) is 0 Å². The van der Waals surface area contributed by atoms with Crippen molar-refractivity contribution in [1.82, 2.24) is 0 Å². The lowest BCUT2D eigenvalue weighted by molar-refractivity contribution is -0.183. The monoisotopic (exact) mass is 272 g/mol. The SMILES string of the molecule is CC1=C(c2ccc(C3OCCCO3)cc2)CCCC1=O. The molecule has 1 aromatic rings. The van der Waals surface area contributed by atoms with E-state index in [1.165, 1.54) is 5.57 Å². The molecule has 1 aromatic carbocycles. The first kappa shape index (κ1) is 13.5. The number of rotatable bonds is 2. The summed E-state index contributed by atoms with van der Waals surface area (Å²) in [7, 11) is 0. The number of carbonyl (C=O) groups excluding carboxylic acids is 1. The van der Waals surface area contributed by atoms with E-state index in [-0.39, 0.29) is 12.1 Å². The van der Waals surface area contributed by atoms with E-state index >= 15 is 0 Å². The van der Waals surface area contributed by atoms with Gasteiger partial charge in [-0.1, -0.05) is 24.3 Å². The predicted molar refractivity (Wildman–Crippen MR) is 77.2 cm³/mol. The first-order valence-electron chi connectivity index (χ1n) is 7.32. The summed E-state index contributed by atoms with van der Waals surface area (Å²) in [4.78, 5) is 11.8. The molecule has 2 aliphatic rings. The van der Waals surface area contributed by atoms with Crippen molar-refractivity contribution >= 4 is 11.4 Å². The first-order chi connectivity index (χ1) is 9.75. The van der Waals surface area contributed by atoms with Gasteiger partial charge in [-0.2, -0.15) is 0 Å². The van der Waals surface area contributed by atoms with E-state index < -0.39 is 0 Å². The average molecular weight is 272 g/mol. The molecule has 106 valence electrons. The van der Waals surface area contributed by atoms with Crippen LogP contribution in [0, 0.1) is 0 Å². The van der Waals surface area contributed by atoms with Gasteiger partial charge >= 0.3 is 0 Å². The molecule has 0 bridgehead atoms. The van der Waals surface area contributed by atoms with Gasteiger partial charge < -0.3 is 9.47 Å². The number of hydrogen-bond donors (Lipinski definition) is 0. The molecule has 20 heavy (non-hydrogen) atoms. The molecule has 0 N–H and O–H groups in total. The van der Waals surface area contributed by atoms with Crippen LogP contribution in [0.2, 0.25) is 0 Å². The molecule has 1 saturated heterocycles. The maximum atomic E-state index is 11.8. The van der Waals surface area contributed by atoms with Crippen molar-refractivity contribution in [3.8, 4) is 0 Å². The maximum absolute atomic E-state index is 11.8. The summed E-state index contributed by atoms with van der Waals surface area (Å²) in [6.07, 6.45) is 3.37. The zero-order valence-electron chi connectivity index (χ0n) is 11.9. The fourth-order valence-electron chi connectivity index (χ4n) is 2.85. The van der Waals surface area contributed by atoms with Crippen LogP contribution < -0.4 is 0 Å². The second kappa shape index (κ2) is 5.90. The number of allylic oxidation sites excluding steroid dienone is 2. The third-order valence-corrected chi connectivity index (χ3v) is 4.06. The van der Waals surface area contributed by atoms with Gasteiger partial charge in [0.15, 0.2) is 12.1 Å². The van der Waals surface area contributed by atoms with Crippen molar-refractivity contribution in [1.29, 1.82) is 0 Å². The number of Topliss-reactive ketones (excluding diaryl/α,β-unsaturated/α-hetero) is 1. The highest BCUT2D eigenvalue weighted by atomic mass is 16.7. The molecule has 1 aliphatic heterocycles. The molecule has 0 saturated carbocycles. The molecule has 3 nitrogen and oxygen atoms in total. The van der Waals surface area contributed by atoms with E-state index in [1.807, 2.05) is 19.1 Å². The summed E-state index contributed by atoms with van der Waals surface area (Å²) < 4.78 is 11.2. The lowest BCUT2D eigenvalue weighted by Gasteiger charge is -2.24. The van der Waals surface area contributed by atoms with Crippen molar-refractivity contribution in [2.75, 3.05) is 13.2 Å². The van der Waals surface area contributed by atoms with Crippen molar-refractivity contribution < 1.29 is 14.3 Å². The summed E-state index contributed by atoms with van der Waals surface area (Å²) in [5.41, 5.74) is 4.32. The standard InChI is InChI=1S/C17H20O3/c1-12-15(4-2-5-16(12)18)13-6-8-14(9-7-13)17-19-10-3-11-20-17/h6-9,17H,2-5,10-11H2,1H3. The summed E-state index contributed by atoms with van der Waals surface area (Å²) in [5, 5.41) is 0. The number of hydrogen-bond acceptors (Lipinski definition) is 3. The quantitative estimate of drug-likeness (QED) is 0.824. The third kappa shape index (κ3) is 2.69. The Morgan fingerprint density at radius 2 is 1.70 bits per heavy atom. The topological polar surface area (TPSA) is 35.5 Å². The molecule has 1 fully saturated rings. The molecule has 0 spiro atoms. The number of ketones is 1. The molecule has 0 unspecified atom stereocenters. The second-order valence-corrected chi connectivity index (χ2v) is 5.43. The minimum atomic E-state index is -0.235. The van der Waals surface area contributed by atoms with Crippen LogP contribution in [0.15, 0.2) is 29.8 Å². The summed E-state index contributed by atoms with van der Waals surface area (Å²) >= 11 is 0. The molecule has 0 aromatic heterocycles. The normalized spacial score (nSPS) is 21.4. The van der Waals surface area contributed by atoms with Crippen molar-refractivity contribution in [2.45, 2.75) is 38.9 Å². The molecule has 3 rings (SSSR count). The Morgan fingerprint density at radius 1 is 1.00 bits per heavy atom. The zero-order chi connectivity index (χ0) is 13.9. The summed E-state index contributed by atoms with van der Waals surface area (Å²) in [6.45, 7) is 3.45. The zero-order valence-corrected chi connectivity index (χ0v) is 11.9. The Morgan fingerprint density at radius 3 is 2.40 bits per heavy atom. The van der Waals surface area contributed by atoms with Gasteiger partial charge in [0, 0.05) is 12.0 Å². The van der Waals surface area contributed by atoms with Crippen LogP contribution in [0.5, 0.6) is 0 Å². The molecule has 0 atom stereocenters. The van der Waals surface area contributed by atoms with Crippen LogP contribution in [-0.2, 0) is 14.3 Å². The number of benzene rings is 1. The fraction of sp³-hybridized carbons (Fsp3) is 0.471. The van der Waals surface area contributed by atoms with Crippen LogP contribution in [0.4, 0.5) is 0 Å². The number of ether oxygens (including phenoxy) is 2. The van der Waals surface area contributed by atoms with Crippen LogP contribution in [0.1, 0.15) is 50.0 Å². The number of carbonyl (C=O) groups is 1. The van der Waals surface area contributed by atoms with Crippen LogP contribution in [-0.4, -0.2) is 19.0 Å². The molecular formula is C17H20O3. The Bertz CT molecular complexity index is 522. The molecular weight excluding hydrogens is 252 g/mol. The minimum absolute atomic E-state index is 0.235. The average Bonchev–Trinajstić information content (AvgIpc) is 2.51. The van der Waals surface area contributed by atoms with Crippen LogP contribution in [0.25, 0.3) is 5.57 Å². The fourth-order valence-corrected chi connectivity index (χ4v) is 2.85. The van der Waals surface area contributed by atoms with E-state index in [1.54, 1.807) is 0 Å². The Hall–Kier alpha value is -1.45. The molecule has 1 heterocycles. The Balaban J connectivity index is 1.82. The van der Waals surface area contributed by atoms with E-state index in [9.17, 15) is 4.79 Å². The molecule has 0 amide bonds. The van der Waals surface area contributed by atoms with Gasteiger partial charge in [0.2, 0.25) is 0 Å². The largest absolute Gasteiger partial charge is 0.348 e. The van der Waals surface area contributed by atoms with Crippen LogP contribution in [0.3, 0.4) is 0 Å².